The zero-order chi connectivity index (χ0) is 15.5. The minimum absolute atomic E-state index is 0.125. The first-order valence-corrected chi connectivity index (χ1v) is 8.81. The Morgan fingerprint density at radius 2 is 1.86 bits per heavy atom. The number of benzene rings is 1. The second-order valence-corrected chi connectivity index (χ2v) is 7.68. The fraction of sp³-hybridized carbons (Fsp3) is 0.600. The first kappa shape index (κ1) is 16.3. The van der Waals surface area contributed by atoms with Crippen LogP contribution in [0.15, 0.2) is 29.2 Å². The van der Waals surface area contributed by atoms with Gasteiger partial charge in [0.1, 0.15) is 0 Å². The number of hydrogen-bond donors (Lipinski definition) is 2. The maximum Gasteiger partial charge on any atom is 0.240 e. The van der Waals surface area contributed by atoms with Gasteiger partial charge >= 0.3 is 0 Å². The standard InChI is InChI=1S/C15H24N2O3S/c1-4-20-15(2,3)11-16-12-7-9-14(10-8-12)21(18,19)17-13-5-6-13/h7-10,13,16-17H,4-6,11H2,1-3H3. The van der Waals surface area contributed by atoms with Crippen molar-refractivity contribution in [3.8, 4) is 0 Å². The lowest BCUT2D eigenvalue weighted by Gasteiger charge is -2.25. The molecule has 1 saturated carbocycles. The van der Waals surface area contributed by atoms with Crippen molar-refractivity contribution in [1.82, 2.24) is 4.72 Å². The van der Waals surface area contributed by atoms with Crippen LogP contribution in [0, 0.1) is 0 Å². The summed E-state index contributed by atoms with van der Waals surface area (Å²) >= 11 is 0. The number of ether oxygens (including phenoxy) is 1. The molecule has 0 atom stereocenters. The van der Waals surface area contributed by atoms with Crippen molar-refractivity contribution in [1.29, 1.82) is 0 Å². The van der Waals surface area contributed by atoms with E-state index in [0.29, 0.717) is 18.0 Å². The van der Waals surface area contributed by atoms with E-state index in [-0.39, 0.29) is 11.6 Å². The molecule has 1 aromatic rings. The minimum Gasteiger partial charge on any atom is -0.382 e. The Labute approximate surface area is 127 Å². The highest BCUT2D eigenvalue weighted by Crippen LogP contribution is 2.23. The molecule has 0 radical (unpaired) electrons. The molecular weight excluding hydrogens is 288 g/mol. The van der Waals surface area contributed by atoms with Gasteiger partial charge in [-0.05, 0) is 57.9 Å². The van der Waals surface area contributed by atoms with Gasteiger partial charge in [0.05, 0.1) is 10.5 Å². The lowest BCUT2D eigenvalue weighted by Crippen LogP contribution is -2.33. The van der Waals surface area contributed by atoms with E-state index in [1.165, 1.54) is 0 Å². The fourth-order valence-electron chi connectivity index (χ4n) is 2.00. The van der Waals surface area contributed by atoms with Gasteiger partial charge in [-0.25, -0.2) is 13.1 Å². The van der Waals surface area contributed by atoms with Crippen LogP contribution in [0.5, 0.6) is 0 Å². The molecule has 1 aliphatic rings. The van der Waals surface area contributed by atoms with E-state index in [1.807, 2.05) is 20.8 Å². The van der Waals surface area contributed by atoms with Crippen LogP contribution < -0.4 is 10.0 Å². The smallest absolute Gasteiger partial charge is 0.240 e. The molecule has 0 unspecified atom stereocenters. The van der Waals surface area contributed by atoms with Crippen molar-refractivity contribution >= 4 is 15.7 Å². The van der Waals surface area contributed by atoms with Gasteiger partial charge in [0, 0.05) is 24.9 Å². The molecule has 0 heterocycles. The molecule has 2 N–H and O–H groups in total. The lowest BCUT2D eigenvalue weighted by molar-refractivity contribution is 0.000696. The summed E-state index contributed by atoms with van der Waals surface area (Å²) in [5.41, 5.74) is 0.626. The number of anilines is 1. The third kappa shape index (κ3) is 4.98. The molecule has 0 saturated heterocycles. The van der Waals surface area contributed by atoms with E-state index in [2.05, 4.69) is 10.0 Å². The van der Waals surface area contributed by atoms with E-state index < -0.39 is 10.0 Å². The molecule has 0 bridgehead atoms. The summed E-state index contributed by atoms with van der Waals surface area (Å²) in [5.74, 6) is 0. The summed E-state index contributed by atoms with van der Waals surface area (Å²) in [6.45, 7) is 7.32. The third-order valence-corrected chi connectivity index (χ3v) is 4.85. The number of hydrogen-bond acceptors (Lipinski definition) is 4. The van der Waals surface area contributed by atoms with Crippen LogP contribution in [0.25, 0.3) is 0 Å². The highest BCUT2D eigenvalue weighted by atomic mass is 32.2. The van der Waals surface area contributed by atoms with Crippen LogP contribution in [-0.4, -0.2) is 33.2 Å². The lowest BCUT2D eigenvalue weighted by atomic mass is 10.1. The van der Waals surface area contributed by atoms with Gasteiger partial charge in [-0.2, -0.15) is 0 Å². The molecule has 5 nitrogen and oxygen atoms in total. The average molecular weight is 312 g/mol. The van der Waals surface area contributed by atoms with Gasteiger partial charge in [0.25, 0.3) is 0 Å². The molecule has 0 aliphatic heterocycles. The van der Waals surface area contributed by atoms with Crippen molar-refractivity contribution < 1.29 is 13.2 Å². The summed E-state index contributed by atoms with van der Waals surface area (Å²) in [6.07, 6.45) is 1.87. The Kier molecular flexibility index (Phi) is 4.91. The van der Waals surface area contributed by atoms with Gasteiger partial charge in [0.2, 0.25) is 10.0 Å². The van der Waals surface area contributed by atoms with Gasteiger partial charge in [-0.15, -0.1) is 0 Å². The molecule has 6 heteroatoms. The van der Waals surface area contributed by atoms with Crippen LogP contribution in [0.3, 0.4) is 0 Å². The fourth-order valence-corrected chi connectivity index (χ4v) is 3.30. The second-order valence-electron chi connectivity index (χ2n) is 5.97. The van der Waals surface area contributed by atoms with Crippen molar-refractivity contribution in [2.24, 2.45) is 0 Å². The first-order valence-electron chi connectivity index (χ1n) is 7.33. The molecule has 2 rings (SSSR count). The normalized spacial score (nSPS) is 16.0. The molecular formula is C15H24N2O3S. The average Bonchev–Trinajstić information content (AvgIpc) is 3.20. The van der Waals surface area contributed by atoms with Gasteiger partial charge in [-0.3, -0.25) is 0 Å². The maximum atomic E-state index is 12.0. The highest BCUT2D eigenvalue weighted by molar-refractivity contribution is 7.89. The Bertz CT molecular complexity index is 563. The highest BCUT2D eigenvalue weighted by Gasteiger charge is 2.27. The quantitative estimate of drug-likeness (QED) is 0.773. The molecule has 0 aromatic heterocycles. The van der Waals surface area contributed by atoms with E-state index in [9.17, 15) is 8.42 Å². The van der Waals surface area contributed by atoms with E-state index in [1.54, 1.807) is 24.3 Å². The largest absolute Gasteiger partial charge is 0.382 e. The predicted octanol–water partition coefficient (Wildman–Crippen LogP) is 2.35. The van der Waals surface area contributed by atoms with E-state index in [0.717, 1.165) is 18.5 Å². The van der Waals surface area contributed by atoms with E-state index >= 15 is 0 Å². The Hall–Kier alpha value is -1.11. The van der Waals surface area contributed by atoms with Crippen molar-refractivity contribution in [3.63, 3.8) is 0 Å². The van der Waals surface area contributed by atoms with Crippen LogP contribution in [0.4, 0.5) is 5.69 Å². The topological polar surface area (TPSA) is 67.4 Å². The first-order chi connectivity index (χ1) is 9.82. The number of nitrogens with one attached hydrogen (secondary N) is 2. The molecule has 1 fully saturated rings. The van der Waals surface area contributed by atoms with Crippen LogP contribution >= 0.6 is 0 Å². The summed E-state index contributed by atoms with van der Waals surface area (Å²) < 4.78 is 32.4. The molecule has 118 valence electrons. The third-order valence-electron chi connectivity index (χ3n) is 3.32. The summed E-state index contributed by atoms with van der Waals surface area (Å²) in [7, 11) is -3.37. The number of rotatable bonds is 8. The van der Waals surface area contributed by atoms with Crippen molar-refractivity contribution in [2.45, 2.75) is 50.2 Å². The Morgan fingerprint density at radius 3 is 2.38 bits per heavy atom. The Morgan fingerprint density at radius 1 is 1.24 bits per heavy atom. The molecule has 1 aromatic carbocycles. The molecule has 0 amide bonds. The minimum atomic E-state index is -3.37. The van der Waals surface area contributed by atoms with Gasteiger partial charge < -0.3 is 10.1 Å². The van der Waals surface area contributed by atoms with Gasteiger partial charge in [0.15, 0.2) is 0 Å². The molecule has 0 spiro atoms. The van der Waals surface area contributed by atoms with E-state index in [4.69, 9.17) is 4.74 Å². The summed E-state index contributed by atoms with van der Waals surface area (Å²) in [6, 6.07) is 6.94. The Balaban J connectivity index is 1.95. The maximum absolute atomic E-state index is 12.0. The molecule has 1 aliphatic carbocycles. The summed E-state index contributed by atoms with van der Waals surface area (Å²) in [5, 5.41) is 3.26. The van der Waals surface area contributed by atoms with Crippen molar-refractivity contribution in [3.05, 3.63) is 24.3 Å². The zero-order valence-corrected chi connectivity index (χ0v) is 13.7. The van der Waals surface area contributed by atoms with Crippen LogP contribution in [0.2, 0.25) is 0 Å². The van der Waals surface area contributed by atoms with Crippen LogP contribution in [-0.2, 0) is 14.8 Å². The molecule has 21 heavy (non-hydrogen) atoms. The van der Waals surface area contributed by atoms with Gasteiger partial charge in [-0.1, -0.05) is 0 Å². The zero-order valence-electron chi connectivity index (χ0n) is 12.8. The predicted molar refractivity (Wildman–Crippen MR) is 84.0 cm³/mol. The van der Waals surface area contributed by atoms with Crippen LogP contribution in [0.1, 0.15) is 33.6 Å². The van der Waals surface area contributed by atoms with Crippen molar-refractivity contribution in [2.75, 3.05) is 18.5 Å². The second kappa shape index (κ2) is 6.34. The monoisotopic (exact) mass is 312 g/mol. The number of sulfonamides is 1. The summed E-state index contributed by atoms with van der Waals surface area (Å²) in [4.78, 5) is 0.309. The SMILES string of the molecule is CCOC(C)(C)CNc1ccc(S(=O)(=O)NC2CC2)cc1.